The molecule has 6 rings (SSSR count). The maximum atomic E-state index is 4.48. The van der Waals surface area contributed by atoms with Crippen LogP contribution < -0.4 is 0 Å². The quantitative estimate of drug-likeness (QED) is 0.209. The van der Waals surface area contributed by atoms with Crippen LogP contribution in [0.15, 0.2) is 146 Å². The lowest BCUT2D eigenvalue weighted by molar-refractivity contribution is 0.659. The van der Waals surface area contributed by atoms with Crippen LogP contribution in [0, 0.1) is 0 Å². The van der Waals surface area contributed by atoms with Crippen molar-refractivity contribution in [2.75, 3.05) is 0 Å². The SMILES string of the molecule is C=CC(=C)C(c1cc(-c2ccccc2)cc(-c2ccccc2)c1)c1ccc2c(c1)C(C)(C)c1ccccc1-2. The van der Waals surface area contributed by atoms with E-state index in [1.807, 2.05) is 6.08 Å². The molecule has 0 amide bonds. The fourth-order valence-corrected chi connectivity index (χ4v) is 6.05. The molecular formula is C38H32. The van der Waals surface area contributed by atoms with E-state index in [0.717, 1.165) is 5.57 Å². The maximum absolute atomic E-state index is 4.48. The van der Waals surface area contributed by atoms with Crippen LogP contribution in [0.3, 0.4) is 0 Å². The number of rotatable bonds is 6. The molecule has 1 aliphatic rings. The molecule has 0 heterocycles. The molecule has 0 heteroatoms. The van der Waals surface area contributed by atoms with E-state index in [2.05, 4.69) is 148 Å². The number of hydrogen-bond donors (Lipinski definition) is 0. The Hall–Kier alpha value is -4.42. The molecule has 0 saturated carbocycles. The van der Waals surface area contributed by atoms with Gasteiger partial charge in [-0.25, -0.2) is 0 Å². The second-order valence-electron chi connectivity index (χ2n) is 10.8. The van der Waals surface area contributed by atoms with Gasteiger partial charge in [-0.15, -0.1) is 0 Å². The Labute approximate surface area is 226 Å². The topological polar surface area (TPSA) is 0 Å². The lowest BCUT2D eigenvalue weighted by atomic mass is 9.78. The minimum Gasteiger partial charge on any atom is -0.0988 e. The molecule has 0 bridgehead atoms. The smallest absolute Gasteiger partial charge is 0.0334 e. The van der Waals surface area contributed by atoms with E-state index in [-0.39, 0.29) is 11.3 Å². The van der Waals surface area contributed by atoms with E-state index < -0.39 is 0 Å². The van der Waals surface area contributed by atoms with Gasteiger partial charge in [0.15, 0.2) is 0 Å². The summed E-state index contributed by atoms with van der Waals surface area (Å²) in [5.74, 6) is 0.00318. The largest absolute Gasteiger partial charge is 0.0988 e. The van der Waals surface area contributed by atoms with E-state index in [0.29, 0.717) is 0 Å². The minimum absolute atomic E-state index is 0.00318. The molecule has 1 unspecified atom stereocenters. The highest BCUT2D eigenvalue weighted by Crippen LogP contribution is 2.50. The van der Waals surface area contributed by atoms with Crippen molar-refractivity contribution in [3.8, 4) is 33.4 Å². The molecule has 0 nitrogen and oxygen atoms in total. The van der Waals surface area contributed by atoms with Gasteiger partial charge in [0.1, 0.15) is 0 Å². The van der Waals surface area contributed by atoms with Crippen molar-refractivity contribution in [1.29, 1.82) is 0 Å². The van der Waals surface area contributed by atoms with Crippen molar-refractivity contribution in [3.63, 3.8) is 0 Å². The van der Waals surface area contributed by atoms with Crippen molar-refractivity contribution in [2.24, 2.45) is 0 Å². The molecule has 0 saturated heterocycles. The van der Waals surface area contributed by atoms with Gasteiger partial charge in [-0.05, 0) is 67.3 Å². The zero-order chi connectivity index (χ0) is 26.3. The molecule has 38 heavy (non-hydrogen) atoms. The van der Waals surface area contributed by atoms with Crippen LogP contribution in [0.1, 0.15) is 42.0 Å². The third-order valence-electron chi connectivity index (χ3n) is 8.08. The lowest BCUT2D eigenvalue weighted by Crippen LogP contribution is -2.15. The van der Waals surface area contributed by atoms with Crippen LogP contribution in [-0.2, 0) is 5.41 Å². The normalized spacial score (nSPS) is 13.8. The van der Waals surface area contributed by atoms with Crippen molar-refractivity contribution in [3.05, 3.63) is 168 Å². The van der Waals surface area contributed by atoms with Gasteiger partial charge in [0.2, 0.25) is 0 Å². The van der Waals surface area contributed by atoms with Gasteiger partial charge in [0, 0.05) is 11.3 Å². The van der Waals surface area contributed by atoms with Crippen molar-refractivity contribution < 1.29 is 0 Å². The number of fused-ring (bicyclic) bond motifs is 3. The third kappa shape index (κ3) is 4.03. The Morgan fingerprint density at radius 3 is 1.74 bits per heavy atom. The second kappa shape index (κ2) is 9.47. The monoisotopic (exact) mass is 488 g/mol. The molecule has 5 aromatic rings. The predicted molar refractivity (Wildman–Crippen MR) is 162 cm³/mol. The van der Waals surface area contributed by atoms with E-state index >= 15 is 0 Å². The summed E-state index contributed by atoms with van der Waals surface area (Å²) in [6.45, 7) is 13.3. The third-order valence-corrected chi connectivity index (χ3v) is 8.08. The first-order chi connectivity index (χ1) is 18.5. The zero-order valence-corrected chi connectivity index (χ0v) is 22.1. The van der Waals surface area contributed by atoms with Gasteiger partial charge < -0.3 is 0 Å². The first-order valence-corrected chi connectivity index (χ1v) is 13.3. The zero-order valence-electron chi connectivity index (χ0n) is 22.1. The summed E-state index contributed by atoms with van der Waals surface area (Å²) in [7, 11) is 0. The molecule has 0 radical (unpaired) electrons. The van der Waals surface area contributed by atoms with Crippen LogP contribution in [0.4, 0.5) is 0 Å². The summed E-state index contributed by atoms with van der Waals surface area (Å²) in [4.78, 5) is 0. The Balaban J connectivity index is 1.55. The van der Waals surface area contributed by atoms with E-state index in [1.165, 1.54) is 55.6 Å². The van der Waals surface area contributed by atoms with Crippen LogP contribution in [0.2, 0.25) is 0 Å². The highest BCUT2D eigenvalue weighted by molar-refractivity contribution is 5.81. The molecule has 0 aliphatic heterocycles. The van der Waals surface area contributed by atoms with E-state index in [4.69, 9.17) is 0 Å². The fraction of sp³-hybridized carbons (Fsp3) is 0.105. The van der Waals surface area contributed by atoms with Gasteiger partial charge in [0.05, 0.1) is 0 Å². The molecule has 5 aromatic carbocycles. The maximum Gasteiger partial charge on any atom is 0.0334 e. The molecule has 0 aromatic heterocycles. The van der Waals surface area contributed by atoms with E-state index in [1.54, 1.807) is 0 Å². The first-order valence-electron chi connectivity index (χ1n) is 13.3. The Morgan fingerprint density at radius 2 is 1.13 bits per heavy atom. The van der Waals surface area contributed by atoms with Crippen LogP contribution in [-0.4, -0.2) is 0 Å². The molecule has 1 atom stereocenters. The van der Waals surface area contributed by atoms with Gasteiger partial charge in [-0.1, -0.05) is 148 Å². The van der Waals surface area contributed by atoms with Crippen molar-refractivity contribution in [1.82, 2.24) is 0 Å². The van der Waals surface area contributed by atoms with Crippen LogP contribution in [0.25, 0.3) is 33.4 Å². The summed E-state index contributed by atoms with van der Waals surface area (Å²) >= 11 is 0. The number of allylic oxidation sites excluding steroid dienone is 2. The summed E-state index contributed by atoms with van der Waals surface area (Å²) in [5.41, 5.74) is 13.7. The Bertz CT molecular complexity index is 1590. The standard InChI is InChI=1S/C38H32/c1-5-26(2)37(29-20-21-34-33-18-12-13-19-35(33)38(3,4)36(34)25-29)32-23-30(27-14-8-6-9-15-27)22-31(24-32)28-16-10-7-11-17-28/h5-25,37H,1-2H2,3-4H3. The Kier molecular flexibility index (Phi) is 5.97. The van der Waals surface area contributed by atoms with Gasteiger partial charge >= 0.3 is 0 Å². The van der Waals surface area contributed by atoms with Gasteiger partial charge in [-0.3, -0.25) is 0 Å². The van der Waals surface area contributed by atoms with Gasteiger partial charge in [0.25, 0.3) is 0 Å². The first kappa shape index (κ1) is 23.9. The molecule has 1 aliphatic carbocycles. The number of hydrogen-bond acceptors (Lipinski definition) is 0. The van der Waals surface area contributed by atoms with Gasteiger partial charge in [-0.2, -0.15) is 0 Å². The lowest BCUT2D eigenvalue weighted by Gasteiger charge is -2.25. The average Bonchev–Trinajstić information content (AvgIpc) is 3.20. The second-order valence-corrected chi connectivity index (χ2v) is 10.8. The van der Waals surface area contributed by atoms with Crippen molar-refractivity contribution in [2.45, 2.75) is 25.2 Å². The summed E-state index contributed by atoms with van der Waals surface area (Å²) in [6, 6.07) is 44.0. The molecular weight excluding hydrogens is 456 g/mol. The Morgan fingerprint density at radius 1 is 0.579 bits per heavy atom. The minimum atomic E-state index is -0.0525. The molecule has 0 N–H and O–H groups in total. The summed E-state index contributed by atoms with van der Waals surface area (Å²) < 4.78 is 0. The average molecular weight is 489 g/mol. The molecule has 0 fully saturated rings. The van der Waals surface area contributed by atoms with Crippen LogP contribution >= 0.6 is 0 Å². The fourth-order valence-electron chi connectivity index (χ4n) is 6.05. The highest BCUT2D eigenvalue weighted by Gasteiger charge is 2.35. The number of benzene rings is 5. The summed E-state index contributed by atoms with van der Waals surface area (Å²) in [6.07, 6.45) is 1.91. The predicted octanol–water partition coefficient (Wildman–Crippen LogP) is 10.2. The summed E-state index contributed by atoms with van der Waals surface area (Å²) in [5, 5.41) is 0. The van der Waals surface area contributed by atoms with Crippen molar-refractivity contribution >= 4 is 0 Å². The molecule has 184 valence electrons. The molecule has 0 spiro atoms. The highest BCUT2D eigenvalue weighted by atomic mass is 14.4. The van der Waals surface area contributed by atoms with Crippen LogP contribution in [0.5, 0.6) is 0 Å². The van der Waals surface area contributed by atoms with E-state index in [9.17, 15) is 0 Å².